The third-order valence-electron chi connectivity index (χ3n) is 3.17. The van der Waals surface area contributed by atoms with Crippen molar-refractivity contribution in [1.82, 2.24) is 10.6 Å². The Morgan fingerprint density at radius 1 is 1.09 bits per heavy atom. The number of benzene rings is 1. The third-order valence-corrected chi connectivity index (χ3v) is 4.17. The van der Waals surface area contributed by atoms with Crippen LogP contribution in [-0.2, 0) is 6.54 Å². The fourth-order valence-electron chi connectivity index (χ4n) is 1.98. The molecule has 1 aromatic heterocycles. The molecule has 0 bridgehead atoms. The molecule has 5 nitrogen and oxygen atoms in total. The van der Waals surface area contributed by atoms with Gasteiger partial charge in [0.25, 0.3) is 0 Å². The van der Waals surface area contributed by atoms with Gasteiger partial charge >= 0.3 is 0 Å². The Kier molecular flexibility index (Phi) is 6.75. The number of nitrogens with one attached hydrogen (secondary N) is 2. The van der Waals surface area contributed by atoms with Crippen molar-refractivity contribution in [2.45, 2.75) is 13.5 Å². The van der Waals surface area contributed by atoms with Crippen molar-refractivity contribution in [2.75, 3.05) is 27.3 Å². The van der Waals surface area contributed by atoms with Gasteiger partial charge in [0.05, 0.1) is 20.2 Å². The number of thiophene rings is 1. The standard InChI is InChI=1S/C17H23N3O2S/c1-13-4-9-16(23-13)12-20-17(18-2)19-10-11-22-15-7-5-14(21-3)6-8-15/h4-9H,10-12H2,1-3H3,(H2,18,19,20). The van der Waals surface area contributed by atoms with Crippen molar-refractivity contribution < 1.29 is 9.47 Å². The fraction of sp³-hybridized carbons (Fsp3) is 0.353. The van der Waals surface area contributed by atoms with E-state index in [0.29, 0.717) is 13.2 Å². The summed E-state index contributed by atoms with van der Waals surface area (Å²) in [5.41, 5.74) is 0. The van der Waals surface area contributed by atoms with Crippen LogP contribution in [0.4, 0.5) is 0 Å². The Morgan fingerprint density at radius 2 is 1.83 bits per heavy atom. The predicted molar refractivity (Wildman–Crippen MR) is 95.7 cm³/mol. The molecule has 2 N–H and O–H groups in total. The van der Waals surface area contributed by atoms with E-state index in [2.05, 4.69) is 34.7 Å². The maximum absolute atomic E-state index is 5.67. The summed E-state index contributed by atoms with van der Waals surface area (Å²) in [5.74, 6) is 2.42. The molecule has 0 unspecified atom stereocenters. The van der Waals surface area contributed by atoms with E-state index < -0.39 is 0 Å². The van der Waals surface area contributed by atoms with E-state index in [0.717, 1.165) is 24.0 Å². The second-order valence-corrected chi connectivity index (χ2v) is 6.26. The SMILES string of the molecule is CN=C(NCCOc1ccc(OC)cc1)NCc1ccc(C)s1. The van der Waals surface area contributed by atoms with Gasteiger partial charge in [0.2, 0.25) is 0 Å². The number of rotatable bonds is 7. The average Bonchev–Trinajstić information content (AvgIpc) is 3.00. The second kappa shape index (κ2) is 9.05. The van der Waals surface area contributed by atoms with Crippen LogP contribution < -0.4 is 20.1 Å². The minimum atomic E-state index is 0.561. The molecular weight excluding hydrogens is 310 g/mol. The predicted octanol–water partition coefficient (Wildman–Crippen LogP) is 2.81. The summed E-state index contributed by atoms with van der Waals surface area (Å²) < 4.78 is 10.8. The zero-order valence-electron chi connectivity index (χ0n) is 13.8. The summed E-state index contributed by atoms with van der Waals surface area (Å²) in [4.78, 5) is 6.81. The van der Waals surface area contributed by atoms with E-state index in [9.17, 15) is 0 Å². The number of hydrogen-bond acceptors (Lipinski definition) is 4. The summed E-state index contributed by atoms with van der Waals surface area (Å²) in [6.45, 7) is 4.12. The number of aryl methyl sites for hydroxylation is 1. The Balaban J connectivity index is 1.67. The van der Waals surface area contributed by atoms with Crippen LogP contribution >= 0.6 is 11.3 Å². The van der Waals surface area contributed by atoms with Crippen LogP contribution in [0, 0.1) is 6.92 Å². The van der Waals surface area contributed by atoms with Crippen molar-refractivity contribution in [2.24, 2.45) is 4.99 Å². The lowest BCUT2D eigenvalue weighted by molar-refractivity contribution is 0.321. The summed E-state index contributed by atoms with van der Waals surface area (Å²) >= 11 is 1.79. The highest BCUT2D eigenvalue weighted by molar-refractivity contribution is 7.11. The first kappa shape index (κ1) is 17.1. The summed E-state index contributed by atoms with van der Waals surface area (Å²) in [5, 5.41) is 6.52. The number of ether oxygens (including phenoxy) is 2. The Labute approximate surface area is 141 Å². The third kappa shape index (κ3) is 5.83. The molecule has 2 aromatic rings. The molecular formula is C17H23N3O2S. The van der Waals surface area contributed by atoms with Crippen LogP contribution in [0.2, 0.25) is 0 Å². The first-order chi connectivity index (χ1) is 11.2. The molecule has 0 aliphatic carbocycles. The molecule has 0 fully saturated rings. The van der Waals surface area contributed by atoms with Gasteiger partial charge < -0.3 is 20.1 Å². The van der Waals surface area contributed by atoms with Crippen LogP contribution in [0.3, 0.4) is 0 Å². The molecule has 1 heterocycles. The minimum absolute atomic E-state index is 0.561. The molecule has 0 amide bonds. The monoisotopic (exact) mass is 333 g/mol. The average molecular weight is 333 g/mol. The lowest BCUT2D eigenvalue weighted by atomic mass is 10.3. The highest BCUT2D eigenvalue weighted by Gasteiger charge is 2.00. The maximum atomic E-state index is 5.67. The molecule has 0 saturated heterocycles. The minimum Gasteiger partial charge on any atom is -0.497 e. The Morgan fingerprint density at radius 3 is 2.43 bits per heavy atom. The van der Waals surface area contributed by atoms with Gasteiger partial charge in [-0.25, -0.2) is 0 Å². The van der Waals surface area contributed by atoms with Gasteiger partial charge in [0, 0.05) is 16.8 Å². The van der Waals surface area contributed by atoms with Crippen LogP contribution in [0.5, 0.6) is 11.5 Å². The largest absolute Gasteiger partial charge is 0.497 e. The molecule has 0 radical (unpaired) electrons. The number of hydrogen-bond donors (Lipinski definition) is 2. The van der Waals surface area contributed by atoms with Crippen LogP contribution in [0.1, 0.15) is 9.75 Å². The van der Waals surface area contributed by atoms with E-state index in [1.807, 2.05) is 24.3 Å². The van der Waals surface area contributed by atoms with Gasteiger partial charge in [0.15, 0.2) is 5.96 Å². The summed E-state index contributed by atoms with van der Waals surface area (Å²) in [6.07, 6.45) is 0. The van der Waals surface area contributed by atoms with Crippen molar-refractivity contribution in [3.63, 3.8) is 0 Å². The fourth-order valence-corrected chi connectivity index (χ4v) is 2.81. The van der Waals surface area contributed by atoms with E-state index >= 15 is 0 Å². The van der Waals surface area contributed by atoms with Crippen LogP contribution in [-0.4, -0.2) is 33.3 Å². The maximum Gasteiger partial charge on any atom is 0.191 e. The van der Waals surface area contributed by atoms with Crippen molar-refractivity contribution >= 4 is 17.3 Å². The molecule has 6 heteroatoms. The van der Waals surface area contributed by atoms with E-state index in [1.54, 1.807) is 25.5 Å². The quantitative estimate of drug-likeness (QED) is 0.465. The van der Waals surface area contributed by atoms with Gasteiger partial charge in [-0.15, -0.1) is 11.3 Å². The smallest absolute Gasteiger partial charge is 0.191 e. The second-order valence-electron chi connectivity index (χ2n) is 4.89. The highest BCUT2D eigenvalue weighted by Crippen LogP contribution is 2.16. The molecule has 0 atom stereocenters. The first-order valence-electron chi connectivity index (χ1n) is 7.48. The normalized spacial score (nSPS) is 11.2. The molecule has 0 spiro atoms. The number of aliphatic imine (C=N–C) groups is 1. The Bertz CT molecular complexity index is 623. The lowest BCUT2D eigenvalue weighted by Gasteiger charge is -2.12. The summed E-state index contributed by atoms with van der Waals surface area (Å²) in [6, 6.07) is 11.8. The molecule has 0 saturated carbocycles. The van der Waals surface area contributed by atoms with E-state index in [-0.39, 0.29) is 0 Å². The van der Waals surface area contributed by atoms with Crippen LogP contribution in [0.25, 0.3) is 0 Å². The van der Waals surface area contributed by atoms with Gasteiger partial charge in [-0.05, 0) is 43.3 Å². The van der Waals surface area contributed by atoms with Crippen molar-refractivity contribution in [1.29, 1.82) is 0 Å². The lowest BCUT2D eigenvalue weighted by Crippen LogP contribution is -2.38. The summed E-state index contributed by atoms with van der Waals surface area (Å²) in [7, 11) is 3.41. The zero-order chi connectivity index (χ0) is 16.5. The van der Waals surface area contributed by atoms with Crippen LogP contribution in [0.15, 0.2) is 41.4 Å². The topological polar surface area (TPSA) is 54.9 Å². The number of nitrogens with zero attached hydrogens (tertiary/aromatic N) is 1. The van der Waals surface area contributed by atoms with Crippen molar-refractivity contribution in [3.8, 4) is 11.5 Å². The molecule has 124 valence electrons. The molecule has 0 aliphatic rings. The molecule has 23 heavy (non-hydrogen) atoms. The van der Waals surface area contributed by atoms with E-state index in [1.165, 1.54) is 9.75 Å². The highest BCUT2D eigenvalue weighted by atomic mass is 32.1. The molecule has 2 rings (SSSR count). The van der Waals surface area contributed by atoms with Gasteiger partial charge in [-0.2, -0.15) is 0 Å². The zero-order valence-corrected chi connectivity index (χ0v) is 14.6. The van der Waals surface area contributed by atoms with Gasteiger partial charge in [0.1, 0.15) is 18.1 Å². The van der Waals surface area contributed by atoms with E-state index in [4.69, 9.17) is 9.47 Å². The Hall–Kier alpha value is -2.21. The number of methoxy groups -OCH3 is 1. The van der Waals surface area contributed by atoms with Gasteiger partial charge in [-0.1, -0.05) is 0 Å². The first-order valence-corrected chi connectivity index (χ1v) is 8.29. The number of guanidine groups is 1. The van der Waals surface area contributed by atoms with Gasteiger partial charge in [-0.3, -0.25) is 4.99 Å². The molecule has 0 aliphatic heterocycles. The van der Waals surface area contributed by atoms with Crippen molar-refractivity contribution in [3.05, 3.63) is 46.2 Å². The molecule has 1 aromatic carbocycles.